The van der Waals surface area contributed by atoms with E-state index in [0.29, 0.717) is 10.5 Å². The number of thiazole rings is 1. The minimum atomic E-state index is 0.248. The highest BCUT2D eigenvalue weighted by Crippen LogP contribution is 2.21. The van der Waals surface area contributed by atoms with Crippen molar-refractivity contribution in [2.45, 2.75) is 25.4 Å². The van der Waals surface area contributed by atoms with Gasteiger partial charge in [0.05, 0.1) is 12.3 Å². The van der Waals surface area contributed by atoms with Crippen LogP contribution in [0.2, 0.25) is 4.47 Å². The SMILES string of the molecule is OC[C@H]1CCCN1Cc1csc(Cl)n1. The number of aromatic nitrogens is 1. The number of nitrogens with zero attached hydrogens (tertiary/aromatic N) is 2. The zero-order valence-electron chi connectivity index (χ0n) is 7.82. The second kappa shape index (κ2) is 4.57. The molecule has 1 aromatic rings. The fraction of sp³-hybridized carbons (Fsp3) is 0.667. The summed E-state index contributed by atoms with van der Waals surface area (Å²) in [5.74, 6) is 0. The first-order chi connectivity index (χ1) is 6.79. The van der Waals surface area contributed by atoms with E-state index in [1.54, 1.807) is 0 Å². The summed E-state index contributed by atoms with van der Waals surface area (Å²) in [5.41, 5.74) is 1.01. The van der Waals surface area contributed by atoms with Gasteiger partial charge in [-0.05, 0) is 19.4 Å². The van der Waals surface area contributed by atoms with E-state index >= 15 is 0 Å². The van der Waals surface area contributed by atoms with E-state index in [1.165, 1.54) is 17.8 Å². The molecule has 78 valence electrons. The quantitative estimate of drug-likeness (QED) is 0.863. The number of halogens is 1. The van der Waals surface area contributed by atoms with E-state index in [9.17, 15) is 0 Å². The highest BCUT2D eigenvalue weighted by atomic mass is 35.5. The van der Waals surface area contributed by atoms with Gasteiger partial charge in [0.15, 0.2) is 4.47 Å². The van der Waals surface area contributed by atoms with Gasteiger partial charge in [0, 0.05) is 18.0 Å². The van der Waals surface area contributed by atoms with Crippen molar-refractivity contribution in [3.63, 3.8) is 0 Å². The van der Waals surface area contributed by atoms with Crippen molar-refractivity contribution in [2.75, 3.05) is 13.2 Å². The predicted molar refractivity (Wildman–Crippen MR) is 57.6 cm³/mol. The molecule has 1 aliphatic heterocycles. The summed E-state index contributed by atoms with van der Waals surface area (Å²) in [6, 6.07) is 0.315. The van der Waals surface area contributed by atoms with Crippen LogP contribution in [-0.4, -0.2) is 34.2 Å². The summed E-state index contributed by atoms with van der Waals surface area (Å²) in [6.07, 6.45) is 2.26. The molecular formula is C9H13ClN2OS. The molecule has 1 aliphatic rings. The second-order valence-electron chi connectivity index (χ2n) is 3.54. The molecule has 14 heavy (non-hydrogen) atoms. The minimum Gasteiger partial charge on any atom is -0.395 e. The molecule has 1 fully saturated rings. The average molecular weight is 233 g/mol. The zero-order chi connectivity index (χ0) is 9.97. The number of aliphatic hydroxyl groups excluding tert-OH is 1. The van der Waals surface area contributed by atoms with Gasteiger partial charge in [-0.3, -0.25) is 4.90 Å². The third-order valence-electron chi connectivity index (χ3n) is 2.60. The molecule has 0 bridgehead atoms. The van der Waals surface area contributed by atoms with Crippen LogP contribution in [0.3, 0.4) is 0 Å². The van der Waals surface area contributed by atoms with Gasteiger partial charge in [-0.1, -0.05) is 11.6 Å². The maximum absolute atomic E-state index is 9.13. The van der Waals surface area contributed by atoms with E-state index in [2.05, 4.69) is 9.88 Å². The Morgan fingerprint density at radius 2 is 2.57 bits per heavy atom. The lowest BCUT2D eigenvalue weighted by Gasteiger charge is -2.21. The van der Waals surface area contributed by atoms with Gasteiger partial charge in [0.25, 0.3) is 0 Å². The Kier molecular flexibility index (Phi) is 3.38. The molecule has 5 heteroatoms. The van der Waals surface area contributed by atoms with Crippen LogP contribution in [-0.2, 0) is 6.54 Å². The van der Waals surface area contributed by atoms with E-state index in [0.717, 1.165) is 25.2 Å². The lowest BCUT2D eigenvalue weighted by atomic mass is 10.2. The maximum atomic E-state index is 9.13. The van der Waals surface area contributed by atoms with Crippen molar-refractivity contribution in [2.24, 2.45) is 0 Å². The lowest BCUT2D eigenvalue weighted by Crippen LogP contribution is -2.31. The molecule has 0 saturated carbocycles. The van der Waals surface area contributed by atoms with Crippen molar-refractivity contribution in [3.05, 3.63) is 15.5 Å². The van der Waals surface area contributed by atoms with Crippen molar-refractivity contribution in [1.29, 1.82) is 0 Å². The Balaban J connectivity index is 1.96. The normalized spacial score (nSPS) is 23.1. The summed E-state index contributed by atoms with van der Waals surface area (Å²) < 4.78 is 0.597. The minimum absolute atomic E-state index is 0.248. The zero-order valence-corrected chi connectivity index (χ0v) is 9.39. The van der Waals surface area contributed by atoms with Gasteiger partial charge in [-0.25, -0.2) is 4.98 Å². The summed E-state index contributed by atoms with van der Waals surface area (Å²) in [6.45, 7) is 2.12. The van der Waals surface area contributed by atoms with Gasteiger partial charge in [-0.15, -0.1) is 11.3 Å². The molecule has 1 aromatic heterocycles. The van der Waals surface area contributed by atoms with Crippen LogP contribution in [0.5, 0.6) is 0 Å². The standard InChI is InChI=1S/C9H13ClN2OS/c10-9-11-7(6-14-9)4-12-3-1-2-8(12)5-13/h6,8,13H,1-5H2/t8-/m1/s1. The number of hydrogen-bond acceptors (Lipinski definition) is 4. The van der Waals surface area contributed by atoms with Gasteiger partial charge < -0.3 is 5.11 Å². The van der Waals surface area contributed by atoms with E-state index in [1.807, 2.05) is 5.38 Å². The predicted octanol–water partition coefficient (Wildman–Crippen LogP) is 1.75. The van der Waals surface area contributed by atoms with E-state index < -0.39 is 0 Å². The molecule has 0 radical (unpaired) electrons. The van der Waals surface area contributed by atoms with Crippen LogP contribution in [0.1, 0.15) is 18.5 Å². The smallest absolute Gasteiger partial charge is 0.183 e. The van der Waals surface area contributed by atoms with Gasteiger partial charge in [-0.2, -0.15) is 0 Å². The highest BCUT2D eigenvalue weighted by molar-refractivity contribution is 7.13. The molecule has 1 saturated heterocycles. The summed E-state index contributed by atoms with van der Waals surface area (Å²) >= 11 is 7.22. The Bertz CT molecular complexity index is 305. The number of rotatable bonds is 3. The fourth-order valence-electron chi connectivity index (χ4n) is 1.87. The first-order valence-corrected chi connectivity index (χ1v) is 6.00. The van der Waals surface area contributed by atoms with Crippen LogP contribution < -0.4 is 0 Å². The Morgan fingerprint density at radius 3 is 3.21 bits per heavy atom. The molecule has 2 heterocycles. The van der Waals surface area contributed by atoms with Gasteiger partial charge in [0.1, 0.15) is 0 Å². The largest absolute Gasteiger partial charge is 0.395 e. The van der Waals surface area contributed by atoms with Crippen LogP contribution in [0.15, 0.2) is 5.38 Å². The summed E-state index contributed by atoms with van der Waals surface area (Å²) in [7, 11) is 0. The molecule has 0 aromatic carbocycles. The molecule has 0 unspecified atom stereocenters. The maximum Gasteiger partial charge on any atom is 0.183 e. The second-order valence-corrected chi connectivity index (χ2v) is 4.98. The molecular weight excluding hydrogens is 220 g/mol. The summed E-state index contributed by atoms with van der Waals surface area (Å²) in [4.78, 5) is 6.47. The Labute approximate surface area is 92.3 Å². The van der Waals surface area contributed by atoms with Crippen LogP contribution in [0.4, 0.5) is 0 Å². The van der Waals surface area contributed by atoms with Crippen LogP contribution in [0, 0.1) is 0 Å². The topological polar surface area (TPSA) is 36.4 Å². The first kappa shape index (κ1) is 10.4. The average Bonchev–Trinajstić information content (AvgIpc) is 2.76. The van der Waals surface area contributed by atoms with Crippen molar-refractivity contribution >= 4 is 22.9 Å². The molecule has 1 N–H and O–H groups in total. The van der Waals surface area contributed by atoms with Crippen molar-refractivity contribution < 1.29 is 5.11 Å². The first-order valence-electron chi connectivity index (χ1n) is 4.74. The number of hydrogen-bond donors (Lipinski definition) is 1. The molecule has 0 amide bonds. The van der Waals surface area contributed by atoms with Gasteiger partial charge >= 0.3 is 0 Å². The summed E-state index contributed by atoms with van der Waals surface area (Å²) in [5, 5.41) is 11.1. The van der Waals surface area contributed by atoms with Crippen LogP contribution in [0.25, 0.3) is 0 Å². The molecule has 2 rings (SSSR count). The van der Waals surface area contributed by atoms with Gasteiger partial charge in [0.2, 0.25) is 0 Å². The monoisotopic (exact) mass is 232 g/mol. The molecule has 1 atom stereocenters. The molecule has 0 aliphatic carbocycles. The van der Waals surface area contributed by atoms with Crippen LogP contribution >= 0.6 is 22.9 Å². The number of likely N-dealkylation sites (tertiary alicyclic amines) is 1. The third-order valence-corrected chi connectivity index (χ3v) is 3.63. The Morgan fingerprint density at radius 1 is 1.71 bits per heavy atom. The highest BCUT2D eigenvalue weighted by Gasteiger charge is 2.24. The van der Waals surface area contributed by atoms with E-state index in [-0.39, 0.29) is 6.61 Å². The van der Waals surface area contributed by atoms with E-state index in [4.69, 9.17) is 16.7 Å². The third kappa shape index (κ3) is 2.25. The van der Waals surface area contributed by atoms with Crippen molar-refractivity contribution in [3.8, 4) is 0 Å². The Hall–Kier alpha value is -0.160. The number of aliphatic hydroxyl groups is 1. The van der Waals surface area contributed by atoms with Crippen molar-refractivity contribution in [1.82, 2.24) is 9.88 Å². The molecule has 3 nitrogen and oxygen atoms in total. The fourth-order valence-corrected chi connectivity index (χ4v) is 2.65. The lowest BCUT2D eigenvalue weighted by molar-refractivity contribution is 0.152. The molecule has 0 spiro atoms.